The summed E-state index contributed by atoms with van der Waals surface area (Å²) in [5, 5.41) is 3.55. The Morgan fingerprint density at radius 2 is 1.79 bits per heavy atom. The van der Waals surface area contributed by atoms with E-state index >= 15 is 0 Å². The molecule has 3 nitrogen and oxygen atoms in total. The third-order valence-electron chi connectivity index (χ3n) is 3.76. The molecule has 0 amide bonds. The minimum atomic E-state index is 0.263. The highest BCUT2D eigenvalue weighted by molar-refractivity contribution is 4.75. The second-order valence-corrected chi connectivity index (χ2v) is 7.08. The molecule has 2 atom stereocenters. The number of unbranched alkanes of at least 4 members (excludes halogenated alkanes) is 3. The quantitative estimate of drug-likeness (QED) is 0.720. The molecule has 0 aromatic heterocycles. The van der Waals surface area contributed by atoms with E-state index in [1.54, 1.807) is 0 Å². The second-order valence-electron chi connectivity index (χ2n) is 7.08. The van der Waals surface area contributed by atoms with E-state index in [1.807, 2.05) is 0 Å². The lowest BCUT2D eigenvalue weighted by atomic mass is 10.1. The van der Waals surface area contributed by atoms with Crippen LogP contribution in [-0.2, 0) is 4.74 Å². The largest absolute Gasteiger partial charge is 0.376 e. The van der Waals surface area contributed by atoms with Crippen LogP contribution in [0.25, 0.3) is 0 Å². The topological polar surface area (TPSA) is 24.5 Å². The van der Waals surface area contributed by atoms with Crippen LogP contribution >= 0.6 is 0 Å². The van der Waals surface area contributed by atoms with Crippen LogP contribution in [0.15, 0.2) is 0 Å². The Balaban J connectivity index is 1.98. The molecule has 0 aromatic carbocycles. The fourth-order valence-corrected chi connectivity index (χ4v) is 2.54. The fourth-order valence-electron chi connectivity index (χ4n) is 2.54. The van der Waals surface area contributed by atoms with Crippen molar-refractivity contribution in [2.75, 3.05) is 26.2 Å². The molecular formula is C16H34N2O. The van der Waals surface area contributed by atoms with Gasteiger partial charge in [-0.3, -0.25) is 4.90 Å². The Hall–Kier alpha value is -0.120. The molecule has 1 saturated heterocycles. The number of rotatable bonds is 7. The van der Waals surface area contributed by atoms with Crippen molar-refractivity contribution in [2.45, 2.75) is 78.0 Å². The molecule has 1 heterocycles. The van der Waals surface area contributed by atoms with E-state index in [0.29, 0.717) is 12.1 Å². The average Bonchev–Trinajstić information content (AvgIpc) is 2.31. The minimum absolute atomic E-state index is 0.263. The van der Waals surface area contributed by atoms with Gasteiger partial charge in [0.05, 0.1) is 12.7 Å². The van der Waals surface area contributed by atoms with Crippen LogP contribution in [0, 0.1) is 0 Å². The zero-order valence-electron chi connectivity index (χ0n) is 13.7. The van der Waals surface area contributed by atoms with Crippen LogP contribution in [0.3, 0.4) is 0 Å². The predicted octanol–water partition coefficient (Wildman–Crippen LogP) is 3.04. The molecule has 1 fully saturated rings. The Morgan fingerprint density at radius 1 is 1.11 bits per heavy atom. The first-order valence-electron chi connectivity index (χ1n) is 7.99. The number of morpholine rings is 1. The van der Waals surface area contributed by atoms with Gasteiger partial charge in [0.15, 0.2) is 0 Å². The molecule has 114 valence electrons. The molecule has 3 heteroatoms. The normalized spacial score (nSPS) is 25.7. The van der Waals surface area contributed by atoms with Gasteiger partial charge < -0.3 is 10.1 Å². The smallest absolute Gasteiger partial charge is 0.0674 e. The molecule has 0 radical (unpaired) electrons. The molecular weight excluding hydrogens is 236 g/mol. The zero-order valence-corrected chi connectivity index (χ0v) is 13.7. The van der Waals surface area contributed by atoms with Crippen molar-refractivity contribution in [3.63, 3.8) is 0 Å². The Kier molecular flexibility index (Phi) is 7.33. The standard InChI is InChI=1S/C16H34N2O/c1-14-13-19-15(2)12-18(14)11-9-7-6-8-10-17-16(3,4)5/h14-15,17H,6-13H2,1-5H3. The van der Waals surface area contributed by atoms with Crippen molar-refractivity contribution >= 4 is 0 Å². The molecule has 1 rings (SSSR count). The lowest BCUT2D eigenvalue weighted by Gasteiger charge is -2.36. The van der Waals surface area contributed by atoms with Crippen molar-refractivity contribution in [1.29, 1.82) is 0 Å². The fraction of sp³-hybridized carbons (Fsp3) is 1.00. The van der Waals surface area contributed by atoms with E-state index in [1.165, 1.54) is 32.2 Å². The maximum atomic E-state index is 5.66. The summed E-state index contributed by atoms with van der Waals surface area (Å²) < 4.78 is 5.66. The summed E-state index contributed by atoms with van der Waals surface area (Å²) in [4.78, 5) is 2.58. The number of nitrogens with one attached hydrogen (secondary N) is 1. The Morgan fingerprint density at radius 3 is 2.47 bits per heavy atom. The second kappa shape index (κ2) is 8.23. The highest BCUT2D eigenvalue weighted by Gasteiger charge is 2.22. The first-order chi connectivity index (χ1) is 8.88. The summed E-state index contributed by atoms with van der Waals surface area (Å²) >= 11 is 0. The van der Waals surface area contributed by atoms with Crippen molar-refractivity contribution in [2.24, 2.45) is 0 Å². The molecule has 1 aliphatic rings. The minimum Gasteiger partial charge on any atom is -0.376 e. The van der Waals surface area contributed by atoms with Crippen LogP contribution in [0.1, 0.15) is 60.3 Å². The monoisotopic (exact) mass is 270 g/mol. The Labute approximate surface area is 120 Å². The summed E-state index contributed by atoms with van der Waals surface area (Å²) in [6, 6.07) is 0.596. The lowest BCUT2D eigenvalue weighted by molar-refractivity contribution is -0.0496. The zero-order chi connectivity index (χ0) is 14.3. The van der Waals surface area contributed by atoms with Gasteiger partial charge in [0.1, 0.15) is 0 Å². The lowest BCUT2D eigenvalue weighted by Crippen LogP contribution is -2.47. The first-order valence-corrected chi connectivity index (χ1v) is 7.99. The van der Waals surface area contributed by atoms with Gasteiger partial charge in [0.2, 0.25) is 0 Å². The third kappa shape index (κ3) is 7.91. The van der Waals surface area contributed by atoms with Crippen LogP contribution < -0.4 is 5.32 Å². The van der Waals surface area contributed by atoms with E-state index in [0.717, 1.165) is 19.7 Å². The van der Waals surface area contributed by atoms with Crippen LogP contribution in [-0.4, -0.2) is 48.8 Å². The van der Waals surface area contributed by atoms with Crippen molar-refractivity contribution < 1.29 is 4.74 Å². The van der Waals surface area contributed by atoms with Gasteiger partial charge in [-0.1, -0.05) is 12.8 Å². The molecule has 2 unspecified atom stereocenters. The van der Waals surface area contributed by atoms with E-state index in [9.17, 15) is 0 Å². The van der Waals surface area contributed by atoms with Gasteiger partial charge in [-0.15, -0.1) is 0 Å². The summed E-state index contributed by atoms with van der Waals surface area (Å²) in [7, 11) is 0. The highest BCUT2D eigenvalue weighted by Crippen LogP contribution is 2.13. The van der Waals surface area contributed by atoms with Gasteiger partial charge in [-0.2, -0.15) is 0 Å². The predicted molar refractivity (Wildman–Crippen MR) is 82.7 cm³/mol. The molecule has 0 saturated carbocycles. The van der Waals surface area contributed by atoms with Crippen LogP contribution in [0.5, 0.6) is 0 Å². The maximum Gasteiger partial charge on any atom is 0.0674 e. The molecule has 0 aliphatic carbocycles. The Bertz CT molecular complexity index is 237. The summed E-state index contributed by atoms with van der Waals surface area (Å²) in [6.07, 6.45) is 5.73. The summed E-state index contributed by atoms with van der Waals surface area (Å²) in [6.45, 7) is 15.5. The SMILES string of the molecule is CC1CN(CCCCCCNC(C)(C)C)C(C)CO1. The first kappa shape index (κ1) is 16.9. The highest BCUT2D eigenvalue weighted by atomic mass is 16.5. The van der Waals surface area contributed by atoms with E-state index in [4.69, 9.17) is 4.74 Å². The van der Waals surface area contributed by atoms with E-state index < -0.39 is 0 Å². The van der Waals surface area contributed by atoms with Gasteiger partial charge in [0, 0.05) is 18.1 Å². The molecule has 0 aromatic rings. The maximum absolute atomic E-state index is 5.66. The molecule has 1 N–H and O–H groups in total. The van der Waals surface area contributed by atoms with Gasteiger partial charge in [0.25, 0.3) is 0 Å². The summed E-state index contributed by atoms with van der Waals surface area (Å²) in [5.41, 5.74) is 0.263. The number of nitrogens with zero attached hydrogens (tertiary/aromatic N) is 1. The molecule has 0 spiro atoms. The molecule has 0 bridgehead atoms. The van der Waals surface area contributed by atoms with Crippen molar-refractivity contribution in [3.8, 4) is 0 Å². The molecule has 19 heavy (non-hydrogen) atoms. The van der Waals surface area contributed by atoms with Gasteiger partial charge in [-0.05, 0) is 60.5 Å². The number of ether oxygens (including phenoxy) is 1. The van der Waals surface area contributed by atoms with E-state index in [2.05, 4.69) is 44.8 Å². The molecule has 1 aliphatic heterocycles. The van der Waals surface area contributed by atoms with Gasteiger partial charge in [-0.25, -0.2) is 0 Å². The van der Waals surface area contributed by atoms with E-state index in [-0.39, 0.29) is 5.54 Å². The average molecular weight is 270 g/mol. The van der Waals surface area contributed by atoms with Crippen LogP contribution in [0.2, 0.25) is 0 Å². The third-order valence-corrected chi connectivity index (χ3v) is 3.76. The van der Waals surface area contributed by atoms with Crippen molar-refractivity contribution in [1.82, 2.24) is 10.2 Å². The van der Waals surface area contributed by atoms with Crippen molar-refractivity contribution in [3.05, 3.63) is 0 Å². The number of hydrogen-bond acceptors (Lipinski definition) is 3. The summed E-state index contributed by atoms with van der Waals surface area (Å²) in [5.74, 6) is 0. The van der Waals surface area contributed by atoms with Crippen LogP contribution in [0.4, 0.5) is 0 Å². The number of hydrogen-bond donors (Lipinski definition) is 1. The van der Waals surface area contributed by atoms with Gasteiger partial charge >= 0.3 is 0 Å².